The van der Waals surface area contributed by atoms with Crippen LogP contribution in [0.15, 0.2) is 53.0 Å². The molecule has 43 heavy (non-hydrogen) atoms. The van der Waals surface area contributed by atoms with Gasteiger partial charge in [0.1, 0.15) is 22.8 Å². The van der Waals surface area contributed by atoms with E-state index in [-0.39, 0.29) is 41.4 Å². The number of carbonyl (C=O) groups excluding carboxylic acids is 4. The lowest BCUT2D eigenvalue weighted by Gasteiger charge is -2.59. The van der Waals surface area contributed by atoms with E-state index in [1.165, 1.54) is 13.0 Å². The van der Waals surface area contributed by atoms with Crippen molar-refractivity contribution in [2.45, 2.75) is 73.3 Å². The summed E-state index contributed by atoms with van der Waals surface area (Å²) in [5, 5.41) is 46.4. The van der Waals surface area contributed by atoms with Gasteiger partial charge in [-0.05, 0) is 73.4 Å². The number of aryl methyl sites for hydroxylation is 1. The number of benzene rings is 2. The monoisotopic (exact) mass is 586 g/mol. The highest BCUT2D eigenvalue weighted by Crippen LogP contribution is 2.65. The Morgan fingerprint density at radius 3 is 2.19 bits per heavy atom. The zero-order valence-corrected chi connectivity index (χ0v) is 25.6. The summed E-state index contributed by atoms with van der Waals surface area (Å²) in [5.74, 6) is -5.58. The maximum atomic E-state index is 14.3. The van der Waals surface area contributed by atoms with Crippen LogP contribution in [-0.2, 0) is 22.4 Å². The Labute approximate surface area is 250 Å². The van der Waals surface area contributed by atoms with E-state index >= 15 is 0 Å². The predicted molar refractivity (Wildman–Crippen MR) is 160 cm³/mol. The topological polar surface area (TPSA) is 149 Å². The number of allylic oxidation sites excluding steroid dienone is 2. The first-order chi connectivity index (χ1) is 20.0. The molecule has 2 aromatic carbocycles. The van der Waals surface area contributed by atoms with Crippen molar-refractivity contribution in [3.8, 4) is 16.9 Å². The van der Waals surface area contributed by atoms with Crippen LogP contribution in [0, 0.1) is 22.7 Å². The highest BCUT2D eigenvalue weighted by Gasteiger charge is 2.71. The summed E-state index contributed by atoms with van der Waals surface area (Å²) >= 11 is 0. The zero-order valence-electron chi connectivity index (χ0n) is 25.6. The first-order valence-corrected chi connectivity index (χ1v) is 14.6. The second kappa shape index (κ2) is 9.74. The number of rotatable bonds is 5. The molecule has 3 aliphatic rings. The van der Waals surface area contributed by atoms with E-state index < -0.39 is 56.8 Å². The third-order valence-corrected chi connectivity index (χ3v) is 10.1. The van der Waals surface area contributed by atoms with Crippen LogP contribution in [0.2, 0.25) is 0 Å². The molecule has 1 unspecified atom stereocenters. The van der Waals surface area contributed by atoms with E-state index in [0.29, 0.717) is 23.1 Å². The Bertz CT molecular complexity index is 1710. The smallest absolute Gasteiger partial charge is 0.209 e. The van der Waals surface area contributed by atoms with Gasteiger partial charge in [-0.25, -0.2) is 0 Å². The summed E-state index contributed by atoms with van der Waals surface area (Å²) in [7, 11) is 0. The number of phenols is 1. The zero-order chi connectivity index (χ0) is 32.0. The lowest BCUT2D eigenvalue weighted by molar-refractivity contribution is -0.171. The molecule has 0 saturated carbocycles. The number of hydrogen-bond acceptors (Lipinski definition) is 8. The summed E-state index contributed by atoms with van der Waals surface area (Å²) in [5.41, 5.74) is -2.74. The minimum atomic E-state index is -2.66. The molecule has 2 aromatic rings. The van der Waals surface area contributed by atoms with Gasteiger partial charge in [0, 0.05) is 27.9 Å². The van der Waals surface area contributed by atoms with Crippen molar-refractivity contribution in [2.24, 2.45) is 22.7 Å². The molecule has 0 aromatic heterocycles. The van der Waals surface area contributed by atoms with E-state index in [4.69, 9.17) is 0 Å². The van der Waals surface area contributed by atoms with Crippen LogP contribution in [0.3, 0.4) is 0 Å². The predicted octanol–water partition coefficient (Wildman–Crippen LogP) is 5.78. The quantitative estimate of drug-likeness (QED) is 0.255. The average Bonchev–Trinajstić information content (AvgIpc) is 2.90. The summed E-state index contributed by atoms with van der Waals surface area (Å²) in [6.07, 6.45) is 0.807. The molecule has 0 amide bonds. The van der Waals surface area contributed by atoms with E-state index in [1.807, 2.05) is 13.0 Å². The molecule has 3 aliphatic carbocycles. The van der Waals surface area contributed by atoms with Crippen molar-refractivity contribution in [3.05, 3.63) is 75.3 Å². The second-order valence-electron chi connectivity index (χ2n) is 13.2. The lowest BCUT2D eigenvalue weighted by Crippen LogP contribution is -2.67. The Balaban J connectivity index is 1.82. The fourth-order valence-electron chi connectivity index (χ4n) is 8.34. The third-order valence-electron chi connectivity index (χ3n) is 10.1. The van der Waals surface area contributed by atoms with Gasteiger partial charge in [-0.1, -0.05) is 52.8 Å². The highest BCUT2D eigenvalue weighted by molar-refractivity contribution is 6.25. The van der Waals surface area contributed by atoms with Gasteiger partial charge in [-0.15, -0.1) is 0 Å². The molecule has 4 N–H and O–H groups in total. The Morgan fingerprint density at radius 1 is 0.977 bits per heavy atom. The van der Waals surface area contributed by atoms with Crippen LogP contribution in [0.5, 0.6) is 5.75 Å². The molecule has 226 valence electrons. The maximum Gasteiger partial charge on any atom is 0.209 e. The van der Waals surface area contributed by atoms with Gasteiger partial charge >= 0.3 is 0 Å². The molecule has 0 fully saturated rings. The van der Waals surface area contributed by atoms with Gasteiger partial charge in [-0.3, -0.25) is 19.2 Å². The molecule has 4 atom stereocenters. The minimum absolute atomic E-state index is 0.00806. The van der Waals surface area contributed by atoms with Gasteiger partial charge in [0.2, 0.25) is 5.78 Å². The molecule has 0 bridgehead atoms. The van der Waals surface area contributed by atoms with Gasteiger partial charge in [0.05, 0.1) is 5.56 Å². The van der Waals surface area contributed by atoms with Crippen molar-refractivity contribution in [2.75, 3.05) is 0 Å². The van der Waals surface area contributed by atoms with Gasteiger partial charge in [0.25, 0.3) is 0 Å². The molecule has 8 heteroatoms. The maximum absolute atomic E-state index is 14.3. The fourth-order valence-corrected chi connectivity index (χ4v) is 8.34. The molecular formula is C35H38O8. The Hall–Kier alpha value is -4.04. The number of aliphatic hydroxyl groups excluding tert-OH is 2. The minimum Gasteiger partial charge on any atom is -0.511 e. The SMILES string of the molecule is CCc1ccc(C(C)=O)cc1-c1ccc(O)c2c1C[C@]1(C)C[C@]3(C)C(C(C)C)C(O)=C(C(C)=O)C(=O)[C@]3(O)C(O)=C1C2=O. The van der Waals surface area contributed by atoms with Gasteiger partial charge in [0.15, 0.2) is 23.0 Å². The van der Waals surface area contributed by atoms with Crippen molar-refractivity contribution >= 4 is 23.1 Å². The molecular weight excluding hydrogens is 548 g/mol. The number of hydrogen-bond donors (Lipinski definition) is 4. The molecule has 5 rings (SSSR count). The molecule has 8 nitrogen and oxygen atoms in total. The summed E-state index contributed by atoms with van der Waals surface area (Å²) in [4.78, 5) is 53.0. The number of phenolic OH excluding ortho intramolecular Hbond substituents is 1. The van der Waals surface area contributed by atoms with Crippen LogP contribution in [0.4, 0.5) is 0 Å². The number of carbonyl (C=O) groups is 4. The first-order valence-electron chi connectivity index (χ1n) is 14.6. The molecule has 0 radical (unpaired) electrons. The third kappa shape index (κ3) is 3.92. The van der Waals surface area contributed by atoms with Crippen LogP contribution in [0.25, 0.3) is 11.1 Å². The summed E-state index contributed by atoms with van der Waals surface area (Å²) in [6.45, 7) is 11.5. The summed E-state index contributed by atoms with van der Waals surface area (Å²) < 4.78 is 0. The van der Waals surface area contributed by atoms with E-state index in [1.54, 1.807) is 45.9 Å². The van der Waals surface area contributed by atoms with Crippen molar-refractivity contribution in [1.29, 1.82) is 0 Å². The lowest BCUT2D eigenvalue weighted by atomic mass is 9.44. The van der Waals surface area contributed by atoms with Crippen molar-refractivity contribution in [3.63, 3.8) is 0 Å². The normalized spacial score (nSPS) is 28.5. The van der Waals surface area contributed by atoms with E-state index in [9.17, 15) is 39.6 Å². The van der Waals surface area contributed by atoms with Crippen LogP contribution in [-0.4, -0.2) is 49.2 Å². The number of fused-ring (bicyclic) bond motifs is 3. The Morgan fingerprint density at radius 2 is 1.63 bits per heavy atom. The first kappa shape index (κ1) is 30.4. The molecule has 0 aliphatic heterocycles. The number of aromatic hydroxyl groups is 1. The fraction of sp³-hybridized carbons (Fsp3) is 0.429. The second-order valence-corrected chi connectivity index (χ2v) is 13.2. The number of Topliss-reactive ketones (excluding diaryl/α,β-unsaturated/α-hetero) is 4. The molecule has 0 heterocycles. The van der Waals surface area contributed by atoms with E-state index in [2.05, 4.69) is 0 Å². The number of ketones is 4. The van der Waals surface area contributed by atoms with Gasteiger partial charge < -0.3 is 20.4 Å². The van der Waals surface area contributed by atoms with Crippen LogP contribution in [0.1, 0.15) is 86.7 Å². The van der Waals surface area contributed by atoms with Gasteiger partial charge in [-0.2, -0.15) is 0 Å². The number of aliphatic hydroxyl groups is 3. The highest BCUT2D eigenvalue weighted by atomic mass is 16.3. The largest absolute Gasteiger partial charge is 0.511 e. The standard InChI is InChI=1S/C35H38O8/c1-8-19-9-10-20(17(4)36)13-22(19)21-11-12-24(38)26-23(21)14-33(6)15-34(7)27(16(2)3)29(39)25(18(5)37)31(41)35(34,43)32(42)28(33)30(26)40/h9-13,16,27,38-39,42-43H,8,14-15H2,1-7H3/t27?,33-,34-,35+/m1/s1. The van der Waals surface area contributed by atoms with Crippen molar-refractivity contribution < 1.29 is 39.6 Å². The van der Waals surface area contributed by atoms with Crippen molar-refractivity contribution in [1.82, 2.24) is 0 Å². The molecule has 0 saturated heterocycles. The van der Waals surface area contributed by atoms with Crippen LogP contribution >= 0.6 is 0 Å². The van der Waals surface area contributed by atoms with E-state index in [0.717, 1.165) is 18.1 Å². The molecule has 0 spiro atoms. The Kier molecular flexibility index (Phi) is 6.89. The average molecular weight is 587 g/mol. The van der Waals surface area contributed by atoms with Crippen LogP contribution < -0.4 is 0 Å². The summed E-state index contributed by atoms with van der Waals surface area (Å²) in [6, 6.07) is 8.52.